The lowest BCUT2D eigenvalue weighted by Gasteiger charge is -2.29. The van der Waals surface area contributed by atoms with Crippen molar-refractivity contribution in [2.24, 2.45) is 0 Å². The molecule has 1 aliphatic carbocycles. The van der Waals surface area contributed by atoms with Gasteiger partial charge >= 0.3 is 6.09 Å². The topological polar surface area (TPSA) is 124 Å². The number of aromatic nitrogens is 2. The highest BCUT2D eigenvalue weighted by atomic mass is 16.6. The Morgan fingerprint density at radius 2 is 1.61 bits per heavy atom. The molecule has 1 atom stereocenters. The number of fused-ring (bicyclic) bond motifs is 1. The van der Waals surface area contributed by atoms with Gasteiger partial charge in [-0.1, -0.05) is 54.6 Å². The Labute approximate surface area is 240 Å². The summed E-state index contributed by atoms with van der Waals surface area (Å²) < 4.78 is 13.1. The van der Waals surface area contributed by atoms with E-state index >= 15 is 0 Å². The summed E-state index contributed by atoms with van der Waals surface area (Å²) >= 11 is 0. The number of benzene rings is 2. The number of nitrogens with one attached hydrogen (secondary N) is 3. The molecule has 0 saturated carbocycles. The van der Waals surface area contributed by atoms with Crippen LogP contribution in [0.2, 0.25) is 0 Å². The summed E-state index contributed by atoms with van der Waals surface area (Å²) in [6.45, 7) is 8.44. The van der Waals surface area contributed by atoms with Gasteiger partial charge in [0, 0.05) is 12.2 Å². The summed E-state index contributed by atoms with van der Waals surface area (Å²) in [7, 11) is 0. The van der Waals surface area contributed by atoms with E-state index in [-0.39, 0.29) is 19.3 Å². The van der Waals surface area contributed by atoms with Gasteiger partial charge in [0.15, 0.2) is 5.82 Å². The van der Waals surface area contributed by atoms with E-state index in [1.165, 1.54) is 25.0 Å². The summed E-state index contributed by atoms with van der Waals surface area (Å²) in [5, 5.41) is 8.10. The van der Waals surface area contributed by atoms with Crippen LogP contribution in [0.25, 0.3) is 0 Å². The first-order valence-corrected chi connectivity index (χ1v) is 13.7. The quantitative estimate of drug-likeness (QED) is 0.342. The number of anilines is 1. The SMILES string of the molecule is CC(C)(C)OC(=O)NC(C)(C)C(=O)NC(COCc1ccccc1)C(=O)Nc1cn(C2Cc3ccccc3C2)cn1. The van der Waals surface area contributed by atoms with Gasteiger partial charge in [0.05, 0.1) is 19.5 Å². The van der Waals surface area contributed by atoms with Crippen LogP contribution in [0.15, 0.2) is 67.1 Å². The Bertz CT molecular complexity index is 1340. The zero-order chi connectivity index (χ0) is 29.6. The van der Waals surface area contributed by atoms with E-state index in [1.807, 2.05) is 47.0 Å². The number of hydrogen-bond donors (Lipinski definition) is 3. The minimum Gasteiger partial charge on any atom is -0.444 e. The molecule has 4 rings (SSSR count). The van der Waals surface area contributed by atoms with Crippen molar-refractivity contribution in [1.82, 2.24) is 20.2 Å². The van der Waals surface area contributed by atoms with E-state index in [0.29, 0.717) is 5.82 Å². The molecule has 0 spiro atoms. The van der Waals surface area contributed by atoms with Crippen molar-refractivity contribution in [1.29, 1.82) is 0 Å². The number of alkyl carbamates (subject to hydrolysis) is 1. The molecule has 2 aromatic carbocycles. The molecule has 0 radical (unpaired) electrons. The van der Waals surface area contributed by atoms with Gasteiger partial charge in [-0.25, -0.2) is 9.78 Å². The third-order valence-corrected chi connectivity index (χ3v) is 6.70. The second-order valence-electron chi connectivity index (χ2n) is 11.8. The molecule has 218 valence electrons. The van der Waals surface area contributed by atoms with Crippen LogP contribution in [0.5, 0.6) is 0 Å². The minimum absolute atomic E-state index is 0.0897. The molecule has 3 N–H and O–H groups in total. The van der Waals surface area contributed by atoms with Crippen molar-refractivity contribution in [2.75, 3.05) is 11.9 Å². The molecular formula is C31H39N5O5. The summed E-state index contributed by atoms with van der Waals surface area (Å²) in [5.74, 6) is -0.681. The molecule has 10 nitrogen and oxygen atoms in total. The number of carbonyl (C=O) groups is 3. The lowest BCUT2D eigenvalue weighted by Crippen LogP contribution is -2.59. The van der Waals surface area contributed by atoms with Crippen LogP contribution >= 0.6 is 0 Å². The van der Waals surface area contributed by atoms with Gasteiger partial charge in [-0.15, -0.1) is 0 Å². The first-order valence-electron chi connectivity index (χ1n) is 13.7. The number of nitrogens with zero attached hydrogens (tertiary/aromatic N) is 2. The van der Waals surface area contributed by atoms with E-state index in [9.17, 15) is 14.4 Å². The summed E-state index contributed by atoms with van der Waals surface area (Å²) in [6, 6.07) is 17.0. The number of carbonyl (C=O) groups excluding carboxylic acids is 3. The van der Waals surface area contributed by atoms with Gasteiger partial charge in [-0.05, 0) is 64.2 Å². The van der Waals surface area contributed by atoms with E-state index in [1.54, 1.807) is 33.3 Å². The molecular weight excluding hydrogens is 522 g/mol. The molecule has 1 aliphatic rings. The lowest BCUT2D eigenvalue weighted by atomic mass is 10.0. The van der Waals surface area contributed by atoms with E-state index in [4.69, 9.17) is 9.47 Å². The summed E-state index contributed by atoms with van der Waals surface area (Å²) in [4.78, 5) is 43.3. The maximum absolute atomic E-state index is 13.4. The van der Waals surface area contributed by atoms with Crippen LogP contribution in [0.3, 0.4) is 0 Å². The van der Waals surface area contributed by atoms with E-state index < -0.39 is 35.1 Å². The fourth-order valence-corrected chi connectivity index (χ4v) is 4.57. The van der Waals surface area contributed by atoms with Crippen molar-refractivity contribution in [3.05, 3.63) is 83.8 Å². The molecule has 0 fully saturated rings. The smallest absolute Gasteiger partial charge is 0.408 e. The Kier molecular flexibility index (Phi) is 9.12. The Hall–Kier alpha value is -4.18. The Balaban J connectivity index is 1.41. The van der Waals surface area contributed by atoms with Crippen molar-refractivity contribution < 1.29 is 23.9 Å². The van der Waals surface area contributed by atoms with Crippen LogP contribution in [0.4, 0.5) is 10.6 Å². The predicted molar refractivity (Wildman–Crippen MR) is 155 cm³/mol. The number of rotatable bonds is 10. The molecule has 0 bridgehead atoms. The van der Waals surface area contributed by atoms with Gasteiger partial charge in [0.2, 0.25) is 5.91 Å². The third kappa shape index (κ3) is 8.40. The van der Waals surface area contributed by atoms with Gasteiger partial charge in [-0.2, -0.15) is 0 Å². The molecule has 41 heavy (non-hydrogen) atoms. The second-order valence-corrected chi connectivity index (χ2v) is 11.8. The average molecular weight is 562 g/mol. The number of hydrogen-bond acceptors (Lipinski definition) is 6. The highest BCUT2D eigenvalue weighted by molar-refractivity contribution is 5.98. The maximum atomic E-state index is 13.4. The highest BCUT2D eigenvalue weighted by Crippen LogP contribution is 2.30. The molecule has 10 heteroatoms. The number of ether oxygens (including phenoxy) is 2. The first kappa shape index (κ1) is 29.8. The van der Waals surface area contributed by atoms with Crippen LogP contribution in [-0.2, 0) is 38.5 Å². The first-order chi connectivity index (χ1) is 19.4. The molecule has 0 saturated heterocycles. The molecule has 1 aromatic heterocycles. The predicted octanol–water partition coefficient (Wildman–Crippen LogP) is 4.17. The van der Waals surface area contributed by atoms with Crippen LogP contribution in [0.1, 0.15) is 57.4 Å². The Morgan fingerprint density at radius 3 is 2.24 bits per heavy atom. The largest absolute Gasteiger partial charge is 0.444 e. The molecule has 1 unspecified atom stereocenters. The second kappa shape index (κ2) is 12.6. The minimum atomic E-state index is -1.36. The van der Waals surface area contributed by atoms with Crippen molar-refractivity contribution in [3.63, 3.8) is 0 Å². The summed E-state index contributed by atoms with van der Waals surface area (Å²) in [6.07, 6.45) is 4.56. The van der Waals surface area contributed by atoms with Gasteiger partial charge < -0.3 is 30.0 Å². The fourth-order valence-electron chi connectivity index (χ4n) is 4.57. The van der Waals surface area contributed by atoms with Crippen molar-refractivity contribution >= 4 is 23.7 Å². The van der Waals surface area contributed by atoms with Crippen molar-refractivity contribution in [3.8, 4) is 0 Å². The number of imidazole rings is 1. The Morgan fingerprint density at radius 1 is 0.976 bits per heavy atom. The standard InChI is InChI=1S/C31H39N5O5/c1-30(2,3)41-29(39)35-31(4,5)28(38)33-25(19-40-18-21-11-7-6-8-12-21)27(37)34-26-17-36(20-32-26)24-15-22-13-9-10-14-23(22)16-24/h6-14,17,20,24-25H,15-16,18-19H2,1-5H3,(H,33,38)(H,34,37)(H,35,39). The van der Waals surface area contributed by atoms with E-state index in [0.717, 1.165) is 18.4 Å². The van der Waals surface area contributed by atoms with Gasteiger partial charge in [-0.3, -0.25) is 9.59 Å². The lowest BCUT2D eigenvalue weighted by molar-refractivity contribution is -0.131. The zero-order valence-corrected chi connectivity index (χ0v) is 24.3. The van der Waals surface area contributed by atoms with Crippen molar-refractivity contribution in [2.45, 2.75) is 77.3 Å². The molecule has 3 amide bonds. The molecule has 3 aromatic rings. The number of amides is 3. The van der Waals surface area contributed by atoms with Gasteiger partial charge in [0.25, 0.3) is 5.91 Å². The highest BCUT2D eigenvalue weighted by Gasteiger charge is 2.34. The third-order valence-electron chi connectivity index (χ3n) is 6.70. The molecule has 1 heterocycles. The van der Waals surface area contributed by atoms with Crippen LogP contribution in [-0.4, -0.2) is 51.2 Å². The maximum Gasteiger partial charge on any atom is 0.408 e. The monoisotopic (exact) mass is 561 g/mol. The normalized spacial score (nSPS) is 14.2. The van der Waals surface area contributed by atoms with E-state index in [2.05, 4.69) is 33.1 Å². The van der Waals surface area contributed by atoms with Crippen LogP contribution < -0.4 is 16.0 Å². The average Bonchev–Trinajstić information content (AvgIpc) is 3.54. The molecule has 0 aliphatic heterocycles. The van der Waals surface area contributed by atoms with Crippen LogP contribution in [0, 0.1) is 0 Å². The summed E-state index contributed by atoms with van der Waals surface area (Å²) in [5.41, 5.74) is 1.48. The van der Waals surface area contributed by atoms with Gasteiger partial charge in [0.1, 0.15) is 17.2 Å². The fraction of sp³-hybridized carbons (Fsp3) is 0.419. The zero-order valence-electron chi connectivity index (χ0n) is 24.3.